The van der Waals surface area contributed by atoms with Crippen LogP contribution in [0, 0.1) is 20.8 Å². The Hall–Kier alpha value is -11.8. The van der Waals surface area contributed by atoms with E-state index in [-0.39, 0.29) is 88.0 Å². The number of aromatic nitrogens is 12. The van der Waals surface area contributed by atoms with Crippen molar-refractivity contribution >= 4 is 104 Å². The van der Waals surface area contributed by atoms with Crippen LogP contribution in [-0.4, -0.2) is 155 Å². The zero-order valence-corrected chi connectivity index (χ0v) is 66.5. The van der Waals surface area contributed by atoms with Gasteiger partial charge in [-0.2, -0.15) is 0 Å². The van der Waals surface area contributed by atoms with Crippen LogP contribution in [0.15, 0.2) is 213 Å². The number of ether oxygens (including phenoxy) is 3. The van der Waals surface area contributed by atoms with Crippen molar-refractivity contribution < 1.29 is 99.2 Å². The molecule has 14 heterocycles. The number of hydrogen-bond donors (Lipinski definition) is 0. The van der Waals surface area contributed by atoms with Gasteiger partial charge in [-0.1, -0.05) is 36.4 Å². The van der Waals surface area contributed by atoms with Crippen molar-refractivity contribution in [3.05, 3.63) is 264 Å². The van der Waals surface area contributed by atoms with Crippen LogP contribution in [0.2, 0.25) is 0 Å². The molecule has 30 heteroatoms. The first-order valence-corrected chi connectivity index (χ1v) is 36.8. The van der Waals surface area contributed by atoms with E-state index in [1.807, 2.05) is 139 Å². The fourth-order valence-electron chi connectivity index (χ4n) is 13.7. The molecule has 5 aliphatic rings. The van der Waals surface area contributed by atoms with E-state index in [2.05, 4.69) is 63.9 Å². The minimum Gasteiger partial charge on any atom is -0.587 e. The molecular weight excluding hydrogens is 1530 g/mol. The summed E-state index contributed by atoms with van der Waals surface area (Å²) in [5, 5.41) is 2.77. The van der Waals surface area contributed by atoms with E-state index in [1.54, 1.807) is 89.3 Å². The molecule has 0 atom stereocenters. The number of anilines is 2. The predicted octanol–water partition coefficient (Wildman–Crippen LogP) is 11.0. The maximum atomic E-state index is 13.6. The Morgan fingerprint density at radius 3 is 1.23 bits per heavy atom. The summed E-state index contributed by atoms with van der Waals surface area (Å²) in [5.41, 5.74) is 17.6. The second-order valence-electron chi connectivity index (χ2n) is 25.9. The number of carbonyl (C=O) groups excluding carboxylic acids is 7. The molecule has 9 aromatic heterocycles. The third kappa shape index (κ3) is 16.3. The van der Waals surface area contributed by atoms with Gasteiger partial charge in [0.1, 0.15) is 42.9 Å². The molecule has 0 N–H and O–H groups in total. The number of imidazole rings is 3. The molecule has 5 aliphatic heterocycles. The molecule has 0 unspecified atom stereocenters. The largest absolute Gasteiger partial charge is 1.00 e. The SMILES string of the molecule is Cc1cc(-c2nc3ncccn3c2-c2ccc3c(c2)CCCO3)ccn1.Cc1cc(-c2nc3ncccn3c2-c2ccc3c(c2)N(C(=O)CCl)CCO3)ccn1.Cc1cc(-c2nc3ncccn3c2-c2ccc3c(c2)N(C(=O)CN2C(=O)c4ccccc4C2=O)CCO3)ccn1.O=C(Cl)CCl.O=C1[N-]C(=O)c2ccccc21.[K+]. The molecule has 14 aromatic rings. The Bertz CT molecular complexity index is 6030. The molecule has 6 amide bonds. The Morgan fingerprint density at radius 2 is 0.823 bits per heavy atom. The van der Waals surface area contributed by atoms with Gasteiger partial charge in [0, 0.05) is 117 Å². The smallest absolute Gasteiger partial charge is 0.587 e. The zero-order valence-electron chi connectivity index (χ0n) is 61.2. The van der Waals surface area contributed by atoms with E-state index in [0.717, 1.165) is 115 Å². The van der Waals surface area contributed by atoms with Gasteiger partial charge < -0.3 is 38.9 Å². The number of nitrogens with zero attached hydrogens (tertiary/aromatic N) is 16. The van der Waals surface area contributed by atoms with E-state index in [1.165, 1.54) is 5.56 Å². The maximum absolute atomic E-state index is 13.6. The van der Waals surface area contributed by atoms with Crippen molar-refractivity contribution in [1.82, 2.24) is 63.0 Å². The number of imide groups is 2. The van der Waals surface area contributed by atoms with Gasteiger partial charge in [0.15, 0.2) is 0 Å². The first-order chi connectivity index (χ1) is 54.5. The molecule has 0 aliphatic carbocycles. The second-order valence-corrected chi connectivity index (χ2v) is 26.9. The molecule has 19 rings (SSSR count). The monoisotopic (exact) mass is 1590 g/mol. The van der Waals surface area contributed by atoms with E-state index in [9.17, 15) is 33.6 Å². The number of alkyl halides is 2. The molecule has 0 saturated carbocycles. The molecule has 0 spiro atoms. The number of amides is 6. The van der Waals surface area contributed by atoms with Crippen molar-refractivity contribution in [1.29, 1.82) is 0 Å². The normalized spacial score (nSPS) is 13.4. The van der Waals surface area contributed by atoms with Crippen LogP contribution in [-0.2, 0) is 20.8 Å². The van der Waals surface area contributed by atoms with Crippen molar-refractivity contribution in [3.63, 3.8) is 0 Å². The summed E-state index contributed by atoms with van der Waals surface area (Å²) in [7, 11) is 0. The number of carbonyl (C=O) groups is 7. The van der Waals surface area contributed by atoms with Crippen LogP contribution < -0.4 is 75.4 Å². The van der Waals surface area contributed by atoms with E-state index in [4.69, 9.17) is 64.0 Å². The Labute approximate surface area is 703 Å². The van der Waals surface area contributed by atoms with Crippen molar-refractivity contribution in [2.45, 2.75) is 33.6 Å². The van der Waals surface area contributed by atoms with Gasteiger partial charge in [-0.15, -0.1) is 23.2 Å². The molecule has 0 saturated heterocycles. The fraction of sp³-hybridized carbons (Fsp3) is 0.157. The van der Waals surface area contributed by atoms with Gasteiger partial charge >= 0.3 is 51.4 Å². The van der Waals surface area contributed by atoms with Gasteiger partial charge in [0.2, 0.25) is 34.4 Å². The predicted molar refractivity (Wildman–Crippen MR) is 421 cm³/mol. The first-order valence-electron chi connectivity index (χ1n) is 35.3. The molecular formula is C83H64Cl3KN16O10. The van der Waals surface area contributed by atoms with Gasteiger partial charge in [-0.05, 0) is 172 Å². The molecule has 5 aromatic carbocycles. The third-order valence-electron chi connectivity index (χ3n) is 18.7. The van der Waals surface area contributed by atoms with Gasteiger partial charge in [-0.25, -0.2) is 29.9 Å². The van der Waals surface area contributed by atoms with Gasteiger partial charge in [0.05, 0.1) is 94.1 Å². The number of rotatable bonds is 10. The topological polar surface area (TPSA) is 300 Å². The minimum absolute atomic E-state index is 0. The average Bonchev–Trinajstić information content (AvgIpc) is 1.65. The Morgan fingerprint density at radius 1 is 0.434 bits per heavy atom. The summed E-state index contributed by atoms with van der Waals surface area (Å²) in [4.78, 5) is 128. The van der Waals surface area contributed by atoms with E-state index >= 15 is 0 Å². The number of aryl methyl sites for hydroxylation is 4. The van der Waals surface area contributed by atoms with Crippen molar-refractivity contribution in [2.24, 2.45) is 0 Å². The summed E-state index contributed by atoms with van der Waals surface area (Å²) in [6.45, 7) is 7.78. The van der Waals surface area contributed by atoms with Crippen LogP contribution in [0.4, 0.5) is 11.4 Å². The second kappa shape index (κ2) is 34.4. The minimum atomic E-state index is -0.508. The number of halogens is 3. The molecule has 558 valence electrons. The maximum Gasteiger partial charge on any atom is 1.00 e. The van der Waals surface area contributed by atoms with Crippen LogP contribution in [0.5, 0.6) is 17.2 Å². The number of fused-ring (bicyclic) bond motifs is 8. The number of hydrogen-bond acceptors (Lipinski definition) is 19. The summed E-state index contributed by atoms with van der Waals surface area (Å²) in [5.74, 6) is 1.55. The standard InChI is InChI=1S/C30H22N6O4.C22H18ClN5O2.C21H18N4O.C8H5NO2.C2H2Cl2O.K/c1-18-15-19(9-11-31-18)26-27(35-12-4-10-32-30(35)33-26)20-7-8-24-23(16-20)34(13-14-40-24)25(37)17-36-28(38)21-5-2-3-6-22(21)29(36)39;1-14-11-15(5-7-24-14)20-21(28-8-2-6-25-22(28)26-20)16-3-4-18-17(12-16)27(9-10-30-18)19(29)13-23;1-14-12-16(7-9-22-14)19-20(25-10-3-8-23-21(25)24-19)17-5-6-18-15(13-17)4-2-11-26-18;10-7-5-3-1-2-4-6(5)8(11)9-7;3-1-2(4)5;/h2-12,15-16H,13-14,17H2,1H3;2-8,11-12H,9-10,13H2,1H3;3,5-10,12-13H,2,4,11H2,1H3;1-4H,(H,9,10,11);1H2;/q;;;;;+1/p-1. The molecule has 26 nitrogen and oxygen atoms in total. The van der Waals surface area contributed by atoms with Gasteiger partial charge in [0.25, 0.3) is 11.8 Å². The molecule has 113 heavy (non-hydrogen) atoms. The summed E-state index contributed by atoms with van der Waals surface area (Å²) in [6.07, 6.45) is 18.5. The fourth-order valence-corrected chi connectivity index (χ4v) is 13.8. The molecule has 0 radical (unpaired) electrons. The van der Waals surface area contributed by atoms with E-state index in [0.29, 0.717) is 82.2 Å². The number of benzene rings is 5. The van der Waals surface area contributed by atoms with Crippen LogP contribution in [0.1, 0.15) is 70.5 Å². The first kappa shape index (κ1) is 77.9. The summed E-state index contributed by atoms with van der Waals surface area (Å²) >= 11 is 15.4. The molecule has 0 fully saturated rings. The van der Waals surface area contributed by atoms with Crippen LogP contribution >= 0.6 is 34.8 Å². The quantitative estimate of drug-likeness (QED) is 0.0532. The number of pyridine rings is 3. The van der Waals surface area contributed by atoms with Gasteiger partial charge in [-0.3, -0.25) is 57.0 Å². The molecule has 0 bridgehead atoms. The van der Waals surface area contributed by atoms with E-state index < -0.39 is 28.9 Å². The Balaban J connectivity index is 0.000000129. The zero-order chi connectivity index (χ0) is 77.7. The van der Waals surface area contributed by atoms with Crippen LogP contribution in [0.25, 0.3) is 90.2 Å². The Kier molecular flexibility index (Phi) is 23.8. The third-order valence-corrected chi connectivity index (χ3v) is 19.4. The average molecular weight is 1590 g/mol. The van der Waals surface area contributed by atoms with Crippen molar-refractivity contribution in [3.8, 4) is 84.8 Å². The van der Waals surface area contributed by atoms with Crippen molar-refractivity contribution in [2.75, 3.05) is 61.0 Å². The summed E-state index contributed by atoms with van der Waals surface area (Å²) < 4.78 is 23.3. The summed E-state index contributed by atoms with van der Waals surface area (Å²) in [6, 6.07) is 48.6. The van der Waals surface area contributed by atoms with Crippen LogP contribution in [0.3, 0.4) is 0 Å².